The van der Waals surface area contributed by atoms with Crippen LogP contribution in [0.4, 0.5) is 0 Å². The highest BCUT2D eigenvalue weighted by Crippen LogP contribution is 2.28. The van der Waals surface area contributed by atoms with E-state index in [2.05, 4.69) is 20.9 Å². The van der Waals surface area contributed by atoms with Crippen LogP contribution in [0, 0.1) is 11.8 Å². The molecule has 1 saturated carbocycles. The number of aryl methyl sites for hydroxylation is 1. The van der Waals surface area contributed by atoms with Crippen LogP contribution in [-0.4, -0.2) is 34.8 Å². The van der Waals surface area contributed by atoms with Crippen molar-refractivity contribution in [2.45, 2.75) is 103 Å². The van der Waals surface area contributed by atoms with Gasteiger partial charge in [-0.2, -0.15) is 0 Å². The zero-order valence-electron chi connectivity index (χ0n) is 22.1. The Kier molecular flexibility index (Phi) is 9.52. The summed E-state index contributed by atoms with van der Waals surface area (Å²) in [6, 6.07) is 4.50. The largest absolute Gasteiger partial charge is 0.358 e. The number of aromatic amines is 1. The van der Waals surface area contributed by atoms with Crippen LogP contribution >= 0.6 is 11.6 Å². The topological polar surface area (TPSA) is 103 Å². The maximum atomic E-state index is 13.5. The van der Waals surface area contributed by atoms with Crippen LogP contribution in [0.5, 0.6) is 0 Å². The highest BCUT2D eigenvalue weighted by molar-refractivity contribution is 6.31. The van der Waals surface area contributed by atoms with Crippen molar-refractivity contribution in [1.29, 1.82) is 0 Å². The molecule has 7 nitrogen and oxygen atoms in total. The minimum atomic E-state index is -0.666. The zero-order valence-corrected chi connectivity index (χ0v) is 22.9. The number of halogens is 1. The Morgan fingerprint density at radius 2 is 1.65 bits per heavy atom. The van der Waals surface area contributed by atoms with Gasteiger partial charge in [-0.05, 0) is 74.1 Å². The van der Waals surface area contributed by atoms with Gasteiger partial charge in [0.05, 0.1) is 0 Å². The standard InChI is InChI=1S/C29H41ClN4O3/c1-18(2)15-25-28(36)31-17-22-21-16-20(30)13-14-24(21)32-23(22)11-7-4-8-12-26(35)34-27(29(37)33-25)19-9-5-3-6-10-19/h13-14,16,18-19,25,27,32H,3-12,15,17H2,1-2H3,(H,31,36)(H,33,37)(H,34,35)/t25-,27+/m0/s1. The summed E-state index contributed by atoms with van der Waals surface area (Å²) in [6.45, 7) is 4.44. The SMILES string of the molecule is CC(C)C[C@@H]1NC(=O)[C@@H](C2CCCCC2)NC(=O)CCCCCc2[nH]c3ccc(Cl)cc3c2CNC1=O. The number of aromatic nitrogens is 1. The first-order chi connectivity index (χ1) is 17.8. The molecular weight excluding hydrogens is 488 g/mol. The highest BCUT2D eigenvalue weighted by atomic mass is 35.5. The fourth-order valence-corrected chi connectivity index (χ4v) is 6.00. The Bertz CT molecular complexity index is 1110. The molecule has 0 bridgehead atoms. The van der Waals surface area contributed by atoms with Gasteiger partial charge in [-0.25, -0.2) is 0 Å². The predicted molar refractivity (Wildman–Crippen MR) is 147 cm³/mol. The molecule has 1 fully saturated rings. The van der Waals surface area contributed by atoms with Crippen LogP contribution < -0.4 is 16.0 Å². The van der Waals surface area contributed by atoms with E-state index in [9.17, 15) is 14.4 Å². The Morgan fingerprint density at radius 1 is 0.919 bits per heavy atom. The molecule has 0 radical (unpaired) electrons. The quantitative estimate of drug-likeness (QED) is 0.443. The van der Waals surface area contributed by atoms with Gasteiger partial charge in [-0.1, -0.05) is 51.1 Å². The lowest BCUT2D eigenvalue weighted by molar-refractivity contribution is -0.133. The normalized spacial score (nSPS) is 23.4. The molecule has 1 aromatic carbocycles. The lowest BCUT2D eigenvalue weighted by Crippen LogP contribution is -2.56. The molecule has 2 atom stereocenters. The van der Waals surface area contributed by atoms with Gasteiger partial charge in [0.2, 0.25) is 17.7 Å². The van der Waals surface area contributed by atoms with Crippen LogP contribution in [0.3, 0.4) is 0 Å². The second-order valence-electron chi connectivity index (χ2n) is 11.2. The van der Waals surface area contributed by atoms with Crippen molar-refractivity contribution in [2.75, 3.05) is 0 Å². The molecule has 3 amide bonds. The number of carbonyl (C=O) groups excluding carboxylic acids is 3. The molecule has 202 valence electrons. The van der Waals surface area contributed by atoms with Crippen molar-refractivity contribution in [3.8, 4) is 0 Å². The second kappa shape index (κ2) is 12.8. The first-order valence-electron chi connectivity index (χ1n) is 14.0. The van der Waals surface area contributed by atoms with Crippen molar-refractivity contribution >= 4 is 40.2 Å². The van der Waals surface area contributed by atoms with Gasteiger partial charge < -0.3 is 20.9 Å². The van der Waals surface area contributed by atoms with Gasteiger partial charge in [0.25, 0.3) is 0 Å². The first-order valence-corrected chi connectivity index (χ1v) is 14.4. The molecule has 4 rings (SSSR count). The average molecular weight is 529 g/mol. The molecule has 4 N–H and O–H groups in total. The van der Waals surface area contributed by atoms with E-state index in [1.165, 1.54) is 0 Å². The number of nitrogens with one attached hydrogen (secondary N) is 4. The Morgan fingerprint density at radius 3 is 2.41 bits per heavy atom. The number of rotatable bonds is 3. The Hall–Kier alpha value is -2.54. The van der Waals surface area contributed by atoms with Crippen molar-refractivity contribution in [2.24, 2.45) is 11.8 Å². The van der Waals surface area contributed by atoms with Crippen LogP contribution in [0.25, 0.3) is 10.9 Å². The number of H-pyrrole nitrogens is 1. The molecule has 1 aliphatic heterocycles. The van der Waals surface area contributed by atoms with E-state index in [0.29, 0.717) is 24.4 Å². The molecule has 8 heteroatoms. The Balaban J connectivity index is 1.61. The van der Waals surface area contributed by atoms with Gasteiger partial charge in [0, 0.05) is 34.6 Å². The maximum Gasteiger partial charge on any atom is 0.243 e. The van der Waals surface area contributed by atoms with E-state index in [1.807, 2.05) is 32.0 Å². The van der Waals surface area contributed by atoms with Crippen molar-refractivity contribution < 1.29 is 14.4 Å². The number of carbonyl (C=O) groups is 3. The maximum absolute atomic E-state index is 13.5. The number of hydrogen-bond donors (Lipinski definition) is 4. The van der Waals surface area contributed by atoms with Crippen LogP contribution in [0.15, 0.2) is 18.2 Å². The highest BCUT2D eigenvalue weighted by Gasteiger charge is 2.33. The second-order valence-corrected chi connectivity index (χ2v) is 11.6. The Labute approximate surface area is 224 Å². The van der Waals surface area contributed by atoms with E-state index < -0.39 is 12.1 Å². The molecule has 2 heterocycles. The summed E-state index contributed by atoms with van der Waals surface area (Å²) in [6.07, 6.45) is 9.51. The molecule has 0 unspecified atom stereocenters. The minimum absolute atomic E-state index is 0.0800. The lowest BCUT2D eigenvalue weighted by atomic mass is 9.83. The van der Waals surface area contributed by atoms with E-state index in [0.717, 1.165) is 79.9 Å². The third-order valence-electron chi connectivity index (χ3n) is 7.79. The predicted octanol–water partition coefficient (Wildman–Crippen LogP) is 5.15. The molecule has 0 saturated heterocycles. The van der Waals surface area contributed by atoms with E-state index >= 15 is 0 Å². The molecule has 2 aliphatic rings. The summed E-state index contributed by atoms with van der Waals surface area (Å²) >= 11 is 6.30. The van der Waals surface area contributed by atoms with Crippen LogP contribution in [0.1, 0.15) is 89.3 Å². The summed E-state index contributed by atoms with van der Waals surface area (Å²) in [5, 5.41) is 10.8. The van der Waals surface area contributed by atoms with Gasteiger partial charge in [-0.15, -0.1) is 0 Å². The summed E-state index contributed by atoms with van der Waals surface area (Å²) in [4.78, 5) is 43.3. The average Bonchev–Trinajstić information content (AvgIpc) is 3.21. The summed E-state index contributed by atoms with van der Waals surface area (Å²) in [5.41, 5.74) is 3.10. The molecule has 37 heavy (non-hydrogen) atoms. The fraction of sp³-hybridized carbons (Fsp3) is 0.621. The molecular formula is C29H41ClN4O3. The van der Waals surface area contributed by atoms with Gasteiger partial charge in [0.1, 0.15) is 12.1 Å². The molecule has 1 aromatic heterocycles. The summed E-state index contributed by atoms with van der Waals surface area (Å²) in [5.74, 6) is -0.203. The smallest absolute Gasteiger partial charge is 0.243 e. The third kappa shape index (κ3) is 7.28. The summed E-state index contributed by atoms with van der Waals surface area (Å²) in [7, 11) is 0. The molecule has 2 aromatic rings. The van der Waals surface area contributed by atoms with Crippen LogP contribution in [-0.2, 0) is 27.3 Å². The molecule has 0 spiro atoms. The van der Waals surface area contributed by atoms with Gasteiger partial charge >= 0.3 is 0 Å². The van der Waals surface area contributed by atoms with Crippen molar-refractivity contribution in [1.82, 2.24) is 20.9 Å². The van der Waals surface area contributed by atoms with Crippen molar-refractivity contribution in [3.63, 3.8) is 0 Å². The number of amides is 3. The lowest BCUT2D eigenvalue weighted by Gasteiger charge is -2.31. The first kappa shape index (κ1) is 27.5. The monoisotopic (exact) mass is 528 g/mol. The summed E-state index contributed by atoms with van der Waals surface area (Å²) < 4.78 is 0. The zero-order chi connectivity index (χ0) is 26.4. The number of benzene rings is 1. The molecule has 1 aliphatic carbocycles. The van der Waals surface area contributed by atoms with Gasteiger partial charge in [-0.3, -0.25) is 14.4 Å². The fourth-order valence-electron chi connectivity index (χ4n) is 5.83. The van der Waals surface area contributed by atoms with Crippen LogP contribution in [0.2, 0.25) is 5.02 Å². The number of fused-ring (bicyclic) bond motifs is 3. The van der Waals surface area contributed by atoms with E-state index in [1.54, 1.807) is 0 Å². The van der Waals surface area contributed by atoms with Crippen molar-refractivity contribution in [3.05, 3.63) is 34.5 Å². The van der Waals surface area contributed by atoms with E-state index in [-0.39, 0.29) is 29.6 Å². The number of hydrogen-bond acceptors (Lipinski definition) is 3. The van der Waals surface area contributed by atoms with E-state index in [4.69, 9.17) is 11.6 Å². The minimum Gasteiger partial charge on any atom is -0.358 e. The third-order valence-corrected chi connectivity index (χ3v) is 8.02. The van der Waals surface area contributed by atoms with Gasteiger partial charge in [0.15, 0.2) is 0 Å².